The average Bonchev–Trinajstić information content (AvgIpc) is 2.66. The zero-order valence-corrected chi connectivity index (χ0v) is 18.4. The number of nitrogens with zero attached hydrogens (tertiary/aromatic N) is 2. The Kier molecular flexibility index (Phi) is 7.03. The molecule has 0 amide bonds. The zero-order chi connectivity index (χ0) is 20.9. The smallest absolute Gasteiger partial charge is 0.194 e. The van der Waals surface area contributed by atoms with Crippen LogP contribution in [0.25, 0.3) is 0 Å². The van der Waals surface area contributed by atoms with Crippen LogP contribution in [0.5, 0.6) is 17.2 Å². The number of ether oxygens (including phenoxy) is 3. The van der Waals surface area contributed by atoms with Gasteiger partial charge in [0, 0.05) is 31.3 Å². The van der Waals surface area contributed by atoms with Gasteiger partial charge in [0.15, 0.2) is 27.3 Å². The van der Waals surface area contributed by atoms with Crippen LogP contribution in [0.2, 0.25) is 0 Å². The molecule has 0 atom stereocenters. The molecule has 158 valence electrons. The highest BCUT2D eigenvalue weighted by Crippen LogP contribution is 2.35. The van der Waals surface area contributed by atoms with E-state index in [2.05, 4.69) is 5.32 Å². The molecule has 0 bridgehead atoms. The molecule has 0 aromatic heterocycles. The average molecular weight is 414 g/mol. The summed E-state index contributed by atoms with van der Waals surface area (Å²) < 4.78 is 39.9. The Morgan fingerprint density at radius 1 is 1.14 bits per heavy atom. The molecule has 0 unspecified atom stereocenters. The lowest BCUT2D eigenvalue weighted by Crippen LogP contribution is -2.57. The normalized spacial score (nSPS) is 18.5. The van der Waals surface area contributed by atoms with Gasteiger partial charge in [0.2, 0.25) is 0 Å². The second-order valence-corrected chi connectivity index (χ2v) is 9.93. The molecule has 0 saturated carbocycles. The number of benzene rings is 1. The van der Waals surface area contributed by atoms with Gasteiger partial charge in [-0.05, 0) is 26.8 Å². The number of methoxy groups -OCH3 is 3. The molecular formula is C19H31N3O5S. The van der Waals surface area contributed by atoms with Gasteiger partial charge in [-0.2, -0.15) is 0 Å². The first kappa shape index (κ1) is 22.1. The van der Waals surface area contributed by atoms with E-state index in [1.807, 2.05) is 17.9 Å². The van der Waals surface area contributed by atoms with Crippen LogP contribution in [0.1, 0.15) is 26.3 Å². The molecule has 1 heterocycles. The number of hydrogen-bond acceptors (Lipinski definition) is 6. The Balaban J connectivity index is 2.31. The van der Waals surface area contributed by atoms with Crippen molar-refractivity contribution in [3.05, 3.63) is 17.7 Å². The molecule has 1 aliphatic rings. The van der Waals surface area contributed by atoms with E-state index in [9.17, 15) is 8.42 Å². The number of hydrogen-bond donors (Lipinski definition) is 1. The van der Waals surface area contributed by atoms with E-state index in [1.54, 1.807) is 41.2 Å². The molecule has 9 heteroatoms. The van der Waals surface area contributed by atoms with E-state index in [1.165, 1.54) is 0 Å². The van der Waals surface area contributed by atoms with Gasteiger partial charge in [-0.25, -0.2) is 13.4 Å². The van der Waals surface area contributed by atoms with Crippen LogP contribution in [-0.4, -0.2) is 70.7 Å². The molecule has 1 saturated heterocycles. The van der Waals surface area contributed by atoms with E-state index in [0.717, 1.165) is 5.56 Å². The van der Waals surface area contributed by atoms with Crippen LogP contribution in [-0.2, 0) is 16.4 Å². The maximum atomic E-state index is 12.3. The number of aliphatic imine (C=N–C) groups is 1. The first-order chi connectivity index (χ1) is 13.2. The lowest BCUT2D eigenvalue weighted by Gasteiger charge is -2.39. The fraction of sp³-hybridized carbons (Fsp3) is 0.632. The van der Waals surface area contributed by atoms with E-state index in [4.69, 9.17) is 19.2 Å². The highest BCUT2D eigenvalue weighted by molar-refractivity contribution is 7.92. The molecule has 0 radical (unpaired) electrons. The fourth-order valence-corrected chi connectivity index (χ4v) is 4.49. The monoisotopic (exact) mass is 413 g/mol. The summed E-state index contributed by atoms with van der Waals surface area (Å²) in [6.45, 7) is 7.36. The minimum atomic E-state index is -3.11. The van der Waals surface area contributed by atoms with Crippen molar-refractivity contribution in [1.82, 2.24) is 10.2 Å². The van der Waals surface area contributed by atoms with Crippen molar-refractivity contribution in [3.8, 4) is 17.2 Å². The second kappa shape index (κ2) is 8.89. The summed E-state index contributed by atoms with van der Waals surface area (Å²) in [5.41, 5.74) is 0.847. The maximum absolute atomic E-state index is 12.3. The van der Waals surface area contributed by atoms with Crippen molar-refractivity contribution < 1.29 is 22.6 Å². The fourth-order valence-electron chi connectivity index (χ4n) is 3.13. The van der Waals surface area contributed by atoms with Crippen molar-refractivity contribution in [2.45, 2.75) is 32.1 Å². The summed E-state index contributed by atoms with van der Waals surface area (Å²) in [5, 5.41) is 3.26. The molecule has 28 heavy (non-hydrogen) atoms. The van der Waals surface area contributed by atoms with Crippen LogP contribution in [0, 0.1) is 0 Å². The lowest BCUT2D eigenvalue weighted by atomic mass is 10.1. The van der Waals surface area contributed by atoms with Crippen molar-refractivity contribution in [3.63, 3.8) is 0 Å². The predicted octanol–water partition coefficient (Wildman–Crippen LogP) is 1.69. The third-order valence-corrected chi connectivity index (χ3v) is 7.40. The van der Waals surface area contributed by atoms with Crippen LogP contribution >= 0.6 is 0 Å². The predicted molar refractivity (Wildman–Crippen MR) is 110 cm³/mol. The summed E-state index contributed by atoms with van der Waals surface area (Å²) in [4.78, 5) is 6.72. The topological polar surface area (TPSA) is 89.5 Å². The maximum Gasteiger partial charge on any atom is 0.194 e. The highest BCUT2D eigenvalue weighted by Gasteiger charge is 2.40. The molecule has 1 aromatic rings. The van der Waals surface area contributed by atoms with E-state index >= 15 is 0 Å². The van der Waals surface area contributed by atoms with Gasteiger partial charge >= 0.3 is 0 Å². The van der Waals surface area contributed by atoms with Gasteiger partial charge in [0.25, 0.3) is 0 Å². The van der Waals surface area contributed by atoms with E-state index in [-0.39, 0.29) is 5.75 Å². The Bertz CT molecular complexity index is 821. The van der Waals surface area contributed by atoms with Crippen molar-refractivity contribution in [2.75, 3.05) is 46.7 Å². The summed E-state index contributed by atoms with van der Waals surface area (Å²) in [6, 6.07) is 3.61. The van der Waals surface area contributed by atoms with Crippen molar-refractivity contribution in [2.24, 2.45) is 4.99 Å². The zero-order valence-electron chi connectivity index (χ0n) is 17.5. The third-order valence-electron chi connectivity index (χ3n) is 4.86. The number of nitrogens with one attached hydrogen (secondary N) is 1. The molecule has 1 N–H and O–H groups in total. The Hall–Kier alpha value is -2.16. The molecule has 0 aliphatic carbocycles. The van der Waals surface area contributed by atoms with Crippen molar-refractivity contribution >= 4 is 15.8 Å². The summed E-state index contributed by atoms with van der Waals surface area (Å²) in [7, 11) is 1.64. The highest BCUT2D eigenvalue weighted by atomic mass is 32.2. The van der Waals surface area contributed by atoms with Gasteiger partial charge in [-0.15, -0.1) is 0 Å². The lowest BCUT2D eigenvalue weighted by molar-refractivity contribution is 0.347. The molecule has 8 nitrogen and oxygen atoms in total. The van der Waals surface area contributed by atoms with Gasteiger partial charge in [0.1, 0.15) is 5.75 Å². The SMILES string of the molecule is CCNC(=NCc1cc(OC)c(OC)cc1OC)N1CCS(=O)(=O)C(C)(C)C1. The Morgan fingerprint density at radius 2 is 1.75 bits per heavy atom. The Morgan fingerprint density at radius 3 is 2.29 bits per heavy atom. The van der Waals surface area contributed by atoms with Crippen LogP contribution < -0.4 is 19.5 Å². The number of sulfone groups is 1. The van der Waals surface area contributed by atoms with E-state index in [0.29, 0.717) is 49.4 Å². The molecule has 2 rings (SSSR count). The van der Waals surface area contributed by atoms with Crippen molar-refractivity contribution in [1.29, 1.82) is 0 Å². The standard InChI is InChI=1S/C19H31N3O5S/c1-7-20-18(22-8-9-28(23,24)19(2,3)13-22)21-12-14-10-16(26-5)17(27-6)11-15(14)25-4/h10-11H,7-9,12-13H2,1-6H3,(H,20,21). The minimum Gasteiger partial charge on any atom is -0.496 e. The second-order valence-electron chi connectivity index (χ2n) is 7.19. The molecule has 1 aromatic carbocycles. The van der Waals surface area contributed by atoms with Crippen LogP contribution in [0.3, 0.4) is 0 Å². The van der Waals surface area contributed by atoms with Gasteiger partial charge in [-0.1, -0.05) is 0 Å². The summed E-state index contributed by atoms with van der Waals surface area (Å²) >= 11 is 0. The van der Waals surface area contributed by atoms with Gasteiger partial charge < -0.3 is 24.4 Å². The number of guanidine groups is 1. The summed E-state index contributed by atoms with van der Waals surface area (Å²) in [5.74, 6) is 2.64. The van der Waals surface area contributed by atoms with Gasteiger partial charge in [-0.3, -0.25) is 0 Å². The number of rotatable bonds is 6. The first-order valence-corrected chi connectivity index (χ1v) is 10.9. The molecule has 0 spiro atoms. The largest absolute Gasteiger partial charge is 0.496 e. The minimum absolute atomic E-state index is 0.115. The van der Waals surface area contributed by atoms with Gasteiger partial charge in [0.05, 0.1) is 38.4 Å². The first-order valence-electron chi connectivity index (χ1n) is 9.23. The Labute approximate surface area is 167 Å². The molecule has 1 fully saturated rings. The molecule has 1 aliphatic heterocycles. The van der Waals surface area contributed by atoms with Crippen LogP contribution in [0.15, 0.2) is 17.1 Å². The molecular weight excluding hydrogens is 382 g/mol. The van der Waals surface area contributed by atoms with Crippen LogP contribution in [0.4, 0.5) is 0 Å². The third kappa shape index (κ3) is 4.63. The quantitative estimate of drug-likeness (QED) is 0.561. The van der Waals surface area contributed by atoms with E-state index < -0.39 is 14.6 Å². The summed E-state index contributed by atoms with van der Waals surface area (Å²) in [6.07, 6.45) is 0.